The topological polar surface area (TPSA) is 98.7 Å². The van der Waals surface area contributed by atoms with Crippen molar-refractivity contribution in [1.29, 1.82) is 0 Å². The number of benzene rings is 2. The molecule has 0 aliphatic carbocycles. The largest absolute Gasteiger partial charge is 0.362 e. The number of nitrogens with one attached hydrogen (secondary N) is 1. The fourth-order valence-corrected chi connectivity index (χ4v) is 3.68. The van der Waals surface area contributed by atoms with Crippen LogP contribution in [0.4, 0.5) is 17.5 Å². The van der Waals surface area contributed by atoms with Gasteiger partial charge in [0, 0.05) is 31.8 Å². The summed E-state index contributed by atoms with van der Waals surface area (Å²) in [5, 5.41) is 14.0. The van der Waals surface area contributed by atoms with Gasteiger partial charge in [0.15, 0.2) is 11.6 Å². The smallest absolute Gasteiger partial charge is 0.281 e. The van der Waals surface area contributed by atoms with Crippen LogP contribution in [0.5, 0.6) is 0 Å². The molecule has 3 aromatic rings. The van der Waals surface area contributed by atoms with E-state index in [1.165, 1.54) is 16.0 Å². The Hall–Kier alpha value is -4.22. The van der Waals surface area contributed by atoms with Gasteiger partial charge in [0.1, 0.15) is 5.69 Å². The minimum atomic E-state index is -1.87. The van der Waals surface area contributed by atoms with Crippen LogP contribution in [0, 0.1) is 12.3 Å². The monoisotopic (exact) mass is 441 g/mol. The fraction of sp³-hybridized carbons (Fsp3) is 0.200. The highest BCUT2D eigenvalue weighted by Gasteiger charge is 2.48. The van der Waals surface area contributed by atoms with Crippen molar-refractivity contribution in [1.82, 2.24) is 9.97 Å². The van der Waals surface area contributed by atoms with Crippen molar-refractivity contribution in [3.63, 3.8) is 0 Å². The number of terminal acetylenes is 1. The normalized spacial score (nSPS) is 17.3. The number of hydrogen-bond acceptors (Lipinski definition) is 7. The van der Waals surface area contributed by atoms with Crippen LogP contribution in [0.25, 0.3) is 0 Å². The number of hydrogen-bond donors (Lipinski definition) is 2. The van der Waals surface area contributed by atoms with Gasteiger partial charge in [-0.15, -0.1) is 12.3 Å². The lowest BCUT2D eigenvalue weighted by Crippen LogP contribution is -2.61. The second-order valence-electron chi connectivity index (χ2n) is 7.77. The molecule has 0 radical (unpaired) electrons. The molecular weight excluding hydrogens is 418 g/mol. The third kappa shape index (κ3) is 4.02. The second kappa shape index (κ2) is 8.73. The number of carbonyl (C=O) groups is 2. The quantitative estimate of drug-likeness (QED) is 0.448. The average molecular weight is 441 g/mol. The van der Waals surface area contributed by atoms with Crippen LogP contribution in [0.15, 0.2) is 60.8 Å². The standard InChI is InChI=1S/C25H23N5O3/c1-4-14-25(33)23(32)29(2)20-16-27-24(28-22(20)30(25)3)26-15-17-10-12-19(13-11-17)21(31)18-8-6-5-7-9-18/h1,5-13,16,33H,14-15H2,2-3H3,(H,26,27,28)/t25-/m0/s1. The van der Waals surface area contributed by atoms with Crippen molar-refractivity contribution in [2.75, 3.05) is 29.2 Å². The van der Waals surface area contributed by atoms with Crippen LogP contribution < -0.4 is 15.1 Å². The SMILES string of the molecule is C#CC[C@]1(O)C(=O)N(C)c2cnc(NCc3ccc(C(=O)c4ccccc4)cc3)nc2N1C. The van der Waals surface area contributed by atoms with Crippen molar-refractivity contribution in [2.45, 2.75) is 18.7 Å². The van der Waals surface area contributed by atoms with E-state index >= 15 is 0 Å². The molecule has 0 saturated carbocycles. The Morgan fingerprint density at radius 3 is 2.45 bits per heavy atom. The maximum atomic E-state index is 12.6. The number of nitrogens with zero attached hydrogens (tertiary/aromatic N) is 4. The molecule has 0 spiro atoms. The number of rotatable bonds is 6. The molecule has 2 aromatic carbocycles. The Morgan fingerprint density at radius 2 is 1.79 bits per heavy atom. The number of carbonyl (C=O) groups excluding carboxylic acids is 2. The molecule has 4 rings (SSSR count). The van der Waals surface area contributed by atoms with Crippen LogP contribution in [0.1, 0.15) is 27.9 Å². The van der Waals surface area contributed by atoms with E-state index in [1.807, 2.05) is 30.3 Å². The van der Waals surface area contributed by atoms with E-state index in [0.717, 1.165) is 5.56 Å². The number of aromatic nitrogens is 2. The number of likely N-dealkylation sites (N-methyl/N-ethyl adjacent to an activating group) is 2. The summed E-state index contributed by atoms with van der Waals surface area (Å²) in [7, 11) is 3.12. The summed E-state index contributed by atoms with van der Waals surface area (Å²) in [6.07, 6.45) is 6.72. The summed E-state index contributed by atoms with van der Waals surface area (Å²) in [4.78, 5) is 36.6. The van der Waals surface area contributed by atoms with Gasteiger partial charge in [0.2, 0.25) is 11.7 Å². The van der Waals surface area contributed by atoms with Crippen LogP contribution in [-0.4, -0.2) is 46.6 Å². The molecule has 0 bridgehead atoms. The molecule has 1 aromatic heterocycles. The van der Waals surface area contributed by atoms with Crippen LogP contribution in [0.2, 0.25) is 0 Å². The lowest BCUT2D eigenvalue weighted by atomic mass is 10.0. The van der Waals surface area contributed by atoms with Gasteiger partial charge in [-0.3, -0.25) is 9.59 Å². The molecule has 1 amide bonds. The van der Waals surface area contributed by atoms with Crippen molar-refractivity contribution in [3.8, 4) is 12.3 Å². The Labute approximate surface area is 191 Å². The number of fused-ring (bicyclic) bond motifs is 1. The first kappa shape index (κ1) is 22.0. The molecule has 2 N–H and O–H groups in total. The Balaban J connectivity index is 1.49. The number of aliphatic hydroxyl groups is 1. The van der Waals surface area contributed by atoms with E-state index in [0.29, 0.717) is 35.1 Å². The van der Waals surface area contributed by atoms with Crippen LogP contribution in [0.3, 0.4) is 0 Å². The molecule has 8 heteroatoms. The first-order chi connectivity index (χ1) is 15.8. The second-order valence-corrected chi connectivity index (χ2v) is 7.77. The molecule has 1 aliphatic heterocycles. The van der Waals surface area contributed by atoms with Gasteiger partial charge in [-0.05, 0) is 5.56 Å². The minimum Gasteiger partial charge on any atom is -0.362 e. The molecule has 0 unspecified atom stereocenters. The van der Waals surface area contributed by atoms with E-state index in [1.54, 1.807) is 38.4 Å². The number of anilines is 3. The Kier molecular flexibility index (Phi) is 5.82. The average Bonchev–Trinajstić information content (AvgIpc) is 2.85. The molecular formula is C25H23N5O3. The van der Waals surface area contributed by atoms with Crippen molar-refractivity contribution >= 4 is 29.1 Å². The molecule has 0 fully saturated rings. The fourth-order valence-electron chi connectivity index (χ4n) is 3.68. The molecule has 0 saturated heterocycles. The van der Waals surface area contributed by atoms with Gasteiger partial charge in [-0.2, -0.15) is 4.98 Å². The Bertz CT molecular complexity index is 1240. The minimum absolute atomic E-state index is 0.0331. The highest BCUT2D eigenvalue weighted by molar-refractivity contribution is 6.09. The first-order valence-corrected chi connectivity index (χ1v) is 10.3. The molecule has 33 heavy (non-hydrogen) atoms. The van der Waals surface area contributed by atoms with Crippen molar-refractivity contribution < 1.29 is 14.7 Å². The van der Waals surface area contributed by atoms with Gasteiger partial charge in [-0.1, -0.05) is 54.6 Å². The number of amides is 1. The summed E-state index contributed by atoms with van der Waals surface area (Å²) in [6, 6.07) is 16.4. The lowest BCUT2D eigenvalue weighted by molar-refractivity contribution is -0.136. The van der Waals surface area contributed by atoms with E-state index in [-0.39, 0.29) is 12.2 Å². The van der Waals surface area contributed by atoms with Gasteiger partial charge in [0.05, 0.1) is 12.6 Å². The lowest BCUT2D eigenvalue weighted by Gasteiger charge is -2.43. The zero-order valence-electron chi connectivity index (χ0n) is 18.3. The van der Waals surface area contributed by atoms with Crippen molar-refractivity contribution in [3.05, 3.63) is 77.5 Å². The molecule has 1 atom stereocenters. The van der Waals surface area contributed by atoms with Crippen LogP contribution in [-0.2, 0) is 11.3 Å². The highest BCUT2D eigenvalue weighted by Crippen LogP contribution is 2.37. The third-order valence-corrected chi connectivity index (χ3v) is 5.68. The number of ketones is 1. The first-order valence-electron chi connectivity index (χ1n) is 10.3. The van der Waals surface area contributed by atoms with E-state index < -0.39 is 11.6 Å². The maximum absolute atomic E-state index is 12.6. The van der Waals surface area contributed by atoms with E-state index in [9.17, 15) is 14.7 Å². The summed E-state index contributed by atoms with van der Waals surface area (Å²) in [5.74, 6) is 2.50. The van der Waals surface area contributed by atoms with Gasteiger partial charge < -0.3 is 20.2 Å². The summed E-state index contributed by atoms with van der Waals surface area (Å²) < 4.78 is 0. The third-order valence-electron chi connectivity index (χ3n) is 5.68. The summed E-state index contributed by atoms with van der Waals surface area (Å²) in [6.45, 7) is 0.422. The van der Waals surface area contributed by atoms with Gasteiger partial charge >= 0.3 is 0 Å². The van der Waals surface area contributed by atoms with Gasteiger partial charge in [-0.25, -0.2) is 4.98 Å². The highest BCUT2D eigenvalue weighted by atomic mass is 16.3. The van der Waals surface area contributed by atoms with Crippen molar-refractivity contribution in [2.24, 2.45) is 0 Å². The summed E-state index contributed by atoms with van der Waals surface area (Å²) in [5.41, 5.74) is 0.785. The molecule has 2 heterocycles. The van der Waals surface area contributed by atoms with Crippen LogP contribution >= 0.6 is 0 Å². The molecule has 8 nitrogen and oxygen atoms in total. The maximum Gasteiger partial charge on any atom is 0.281 e. The zero-order chi connectivity index (χ0) is 23.6. The summed E-state index contributed by atoms with van der Waals surface area (Å²) >= 11 is 0. The predicted molar refractivity (Wildman–Crippen MR) is 126 cm³/mol. The predicted octanol–water partition coefficient (Wildman–Crippen LogP) is 2.44. The van der Waals surface area contributed by atoms with E-state index in [4.69, 9.17) is 6.42 Å². The zero-order valence-corrected chi connectivity index (χ0v) is 18.3. The van der Waals surface area contributed by atoms with Gasteiger partial charge in [0.25, 0.3) is 5.91 Å². The van der Waals surface area contributed by atoms with E-state index in [2.05, 4.69) is 21.2 Å². The Morgan fingerprint density at radius 1 is 1.12 bits per heavy atom. The molecule has 1 aliphatic rings. The molecule has 166 valence electrons.